The summed E-state index contributed by atoms with van der Waals surface area (Å²) in [6.07, 6.45) is 3.59. The van der Waals surface area contributed by atoms with E-state index in [1.165, 1.54) is 6.07 Å². The average Bonchev–Trinajstić information content (AvgIpc) is 3.19. The lowest BCUT2D eigenvalue weighted by atomic mass is 9.90. The van der Waals surface area contributed by atoms with Gasteiger partial charge in [0.2, 0.25) is 0 Å². The maximum Gasteiger partial charge on any atom is 0.257 e. The zero-order chi connectivity index (χ0) is 20.4. The highest BCUT2D eigenvalue weighted by Gasteiger charge is 2.31. The lowest BCUT2D eigenvalue weighted by Crippen LogP contribution is -2.48. The maximum absolute atomic E-state index is 13.9. The maximum atomic E-state index is 13.9. The number of amides is 1. The van der Waals surface area contributed by atoms with Crippen molar-refractivity contribution in [3.8, 4) is 0 Å². The Morgan fingerprint density at radius 1 is 1.21 bits per heavy atom. The van der Waals surface area contributed by atoms with Crippen LogP contribution in [0.15, 0.2) is 30.5 Å². The number of aromatic nitrogens is 2. The summed E-state index contributed by atoms with van der Waals surface area (Å²) in [7, 11) is 0. The van der Waals surface area contributed by atoms with E-state index in [4.69, 9.17) is 4.74 Å². The van der Waals surface area contributed by atoms with Crippen molar-refractivity contribution in [3.63, 3.8) is 0 Å². The Labute approximate surface area is 171 Å². The largest absolute Gasteiger partial charge is 0.372 e. The second-order valence-electron chi connectivity index (χ2n) is 8.31. The van der Waals surface area contributed by atoms with Gasteiger partial charge in [-0.1, -0.05) is 18.2 Å². The minimum atomic E-state index is -0.148. The predicted molar refractivity (Wildman–Crippen MR) is 108 cm³/mol. The molecule has 1 aromatic carbocycles. The van der Waals surface area contributed by atoms with Crippen molar-refractivity contribution >= 4 is 5.91 Å². The van der Waals surface area contributed by atoms with Gasteiger partial charge in [0.05, 0.1) is 29.7 Å². The number of hydrogen-bond acceptors (Lipinski definition) is 4. The van der Waals surface area contributed by atoms with Crippen LogP contribution in [0.5, 0.6) is 0 Å². The number of hydrogen-bond donors (Lipinski definition) is 1. The van der Waals surface area contributed by atoms with Crippen LogP contribution in [-0.2, 0) is 11.3 Å². The Morgan fingerprint density at radius 3 is 2.59 bits per heavy atom. The van der Waals surface area contributed by atoms with Crippen molar-refractivity contribution in [2.75, 3.05) is 26.2 Å². The fourth-order valence-electron chi connectivity index (χ4n) is 4.54. The normalized spacial score (nSPS) is 24.0. The quantitative estimate of drug-likeness (QED) is 0.856. The highest BCUT2D eigenvalue weighted by atomic mass is 19.1. The number of halogens is 1. The molecule has 0 unspecified atom stereocenters. The number of likely N-dealkylation sites (tertiary alicyclic amines) is 1. The molecule has 2 aliphatic heterocycles. The van der Waals surface area contributed by atoms with Crippen LogP contribution in [0.1, 0.15) is 54.2 Å². The fourth-order valence-corrected chi connectivity index (χ4v) is 4.54. The van der Waals surface area contributed by atoms with E-state index >= 15 is 0 Å². The van der Waals surface area contributed by atoms with Crippen LogP contribution in [0.25, 0.3) is 0 Å². The number of rotatable bonds is 4. The number of carbonyl (C=O) groups is 1. The molecule has 0 saturated carbocycles. The van der Waals surface area contributed by atoms with Crippen LogP contribution in [-0.4, -0.2) is 64.3 Å². The van der Waals surface area contributed by atoms with Crippen LogP contribution < -0.4 is 0 Å². The molecule has 2 atom stereocenters. The number of morpholine rings is 1. The molecule has 0 spiro atoms. The molecule has 156 valence electrons. The summed E-state index contributed by atoms with van der Waals surface area (Å²) in [6, 6.07) is 6.95. The number of benzene rings is 1. The minimum Gasteiger partial charge on any atom is -0.372 e. The van der Waals surface area contributed by atoms with Crippen LogP contribution >= 0.6 is 0 Å². The molecule has 0 aliphatic carbocycles. The summed E-state index contributed by atoms with van der Waals surface area (Å²) in [4.78, 5) is 17.3. The first-order valence-electron chi connectivity index (χ1n) is 10.4. The van der Waals surface area contributed by atoms with Crippen molar-refractivity contribution in [3.05, 3.63) is 53.1 Å². The average molecular weight is 400 g/mol. The highest BCUT2D eigenvalue weighted by Crippen LogP contribution is 2.30. The molecule has 1 amide bonds. The zero-order valence-electron chi connectivity index (χ0n) is 17.1. The number of nitrogens with zero attached hydrogens (tertiary/aromatic N) is 3. The van der Waals surface area contributed by atoms with Gasteiger partial charge >= 0.3 is 0 Å². The Bertz CT molecular complexity index is 837. The van der Waals surface area contributed by atoms with E-state index in [-0.39, 0.29) is 29.9 Å². The van der Waals surface area contributed by atoms with Crippen molar-refractivity contribution < 1.29 is 13.9 Å². The van der Waals surface area contributed by atoms with E-state index in [0.29, 0.717) is 25.2 Å². The number of aromatic amines is 1. The third-order valence-electron chi connectivity index (χ3n) is 5.95. The number of H-pyrrole nitrogens is 1. The first-order valence-corrected chi connectivity index (χ1v) is 10.4. The third-order valence-corrected chi connectivity index (χ3v) is 5.95. The van der Waals surface area contributed by atoms with Gasteiger partial charge in [-0.15, -0.1) is 0 Å². The lowest BCUT2D eigenvalue weighted by Gasteiger charge is -2.36. The smallest absolute Gasteiger partial charge is 0.257 e. The fraction of sp³-hybridized carbons (Fsp3) is 0.545. The molecule has 0 radical (unpaired) electrons. The van der Waals surface area contributed by atoms with E-state index in [2.05, 4.69) is 15.1 Å². The van der Waals surface area contributed by atoms with Gasteiger partial charge in [0, 0.05) is 31.1 Å². The van der Waals surface area contributed by atoms with Gasteiger partial charge < -0.3 is 9.64 Å². The summed E-state index contributed by atoms with van der Waals surface area (Å²) in [6.45, 7) is 7.57. The van der Waals surface area contributed by atoms with Gasteiger partial charge in [-0.3, -0.25) is 14.8 Å². The molecule has 2 saturated heterocycles. The molecule has 29 heavy (non-hydrogen) atoms. The van der Waals surface area contributed by atoms with Gasteiger partial charge in [0.1, 0.15) is 5.82 Å². The Hall–Kier alpha value is -2.25. The summed E-state index contributed by atoms with van der Waals surface area (Å²) in [5, 5.41) is 7.27. The first kappa shape index (κ1) is 20.0. The summed E-state index contributed by atoms with van der Waals surface area (Å²) in [5.74, 6) is 0.152. The summed E-state index contributed by atoms with van der Waals surface area (Å²) < 4.78 is 19.7. The van der Waals surface area contributed by atoms with Gasteiger partial charge in [0.15, 0.2) is 0 Å². The van der Waals surface area contributed by atoms with Crippen LogP contribution in [0.2, 0.25) is 0 Å². The number of ether oxygens (including phenoxy) is 1. The topological polar surface area (TPSA) is 61.5 Å². The van der Waals surface area contributed by atoms with Crippen LogP contribution in [0.4, 0.5) is 4.39 Å². The standard InChI is InChI=1S/C22H29FN4O2/c1-15-12-27(13-16(2)29-15)22(28)19-11-24-25-21(19)17-7-9-26(10-8-17)14-18-5-3-4-6-20(18)23/h3-6,11,15-17H,7-10,12-14H2,1-2H3,(H,24,25)/t15-,16-/m1/s1. The van der Waals surface area contributed by atoms with Crippen LogP contribution in [0.3, 0.4) is 0 Å². The molecular weight excluding hydrogens is 371 g/mol. The molecule has 4 rings (SSSR count). The molecule has 1 aromatic heterocycles. The Morgan fingerprint density at radius 2 is 1.90 bits per heavy atom. The third kappa shape index (κ3) is 4.51. The molecule has 1 N–H and O–H groups in total. The highest BCUT2D eigenvalue weighted by molar-refractivity contribution is 5.95. The molecule has 3 heterocycles. The zero-order valence-corrected chi connectivity index (χ0v) is 17.1. The van der Waals surface area contributed by atoms with Crippen molar-refractivity contribution in [2.24, 2.45) is 0 Å². The van der Waals surface area contributed by atoms with E-state index in [0.717, 1.165) is 37.2 Å². The number of piperidine rings is 1. The van der Waals surface area contributed by atoms with Gasteiger partial charge in [-0.05, 0) is 45.8 Å². The first-order chi connectivity index (χ1) is 14.0. The molecule has 7 heteroatoms. The van der Waals surface area contributed by atoms with E-state index < -0.39 is 0 Å². The predicted octanol–water partition coefficient (Wildman–Crippen LogP) is 3.18. The Balaban J connectivity index is 1.39. The summed E-state index contributed by atoms with van der Waals surface area (Å²) >= 11 is 0. The second-order valence-corrected chi connectivity index (χ2v) is 8.31. The lowest BCUT2D eigenvalue weighted by molar-refractivity contribution is -0.0586. The van der Waals surface area contributed by atoms with Gasteiger partial charge in [-0.2, -0.15) is 5.10 Å². The van der Waals surface area contributed by atoms with E-state index in [1.807, 2.05) is 30.9 Å². The molecule has 0 bridgehead atoms. The minimum absolute atomic E-state index is 0.0320. The van der Waals surface area contributed by atoms with Crippen molar-refractivity contribution in [2.45, 2.75) is 51.4 Å². The molecule has 2 aliphatic rings. The van der Waals surface area contributed by atoms with Crippen molar-refractivity contribution in [1.82, 2.24) is 20.0 Å². The van der Waals surface area contributed by atoms with Crippen molar-refractivity contribution in [1.29, 1.82) is 0 Å². The molecule has 6 nitrogen and oxygen atoms in total. The molecular formula is C22H29FN4O2. The number of carbonyl (C=O) groups excluding carboxylic acids is 1. The Kier molecular flexibility index (Phi) is 5.96. The molecule has 2 fully saturated rings. The monoisotopic (exact) mass is 400 g/mol. The van der Waals surface area contributed by atoms with E-state index in [1.54, 1.807) is 12.3 Å². The van der Waals surface area contributed by atoms with Gasteiger partial charge in [-0.25, -0.2) is 4.39 Å². The van der Waals surface area contributed by atoms with Crippen LogP contribution in [0, 0.1) is 5.82 Å². The SMILES string of the molecule is C[C@@H]1CN(C(=O)c2cn[nH]c2C2CCN(Cc3ccccc3F)CC2)C[C@@H](C)O1. The number of nitrogens with one attached hydrogen (secondary N) is 1. The van der Waals surface area contributed by atoms with Gasteiger partial charge in [0.25, 0.3) is 5.91 Å². The summed E-state index contributed by atoms with van der Waals surface area (Å²) in [5.41, 5.74) is 2.35. The van der Waals surface area contributed by atoms with E-state index in [9.17, 15) is 9.18 Å². The second kappa shape index (κ2) is 8.63. The molecule has 2 aromatic rings.